The number of ether oxygens (including phenoxy) is 1. The van der Waals surface area contributed by atoms with Crippen molar-refractivity contribution in [2.75, 3.05) is 5.73 Å². The number of rotatable bonds is 3. The van der Waals surface area contributed by atoms with Crippen LogP contribution in [0.4, 0.5) is 5.69 Å². The summed E-state index contributed by atoms with van der Waals surface area (Å²) in [4.78, 5) is 11.6. The Morgan fingerprint density at radius 1 is 1.32 bits per heavy atom. The molecule has 0 saturated heterocycles. The van der Waals surface area contributed by atoms with Gasteiger partial charge in [0.1, 0.15) is 5.60 Å². The maximum Gasteiger partial charge on any atom is 0.331 e. The van der Waals surface area contributed by atoms with Crippen LogP contribution in [0.5, 0.6) is 0 Å². The molecular weight excluding hydrogens is 238 g/mol. The molecule has 0 radical (unpaired) electrons. The van der Waals surface area contributed by atoms with Crippen molar-refractivity contribution >= 4 is 17.7 Å². The van der Waals surface area contributed by atoms with E-state index in [1.54, 1.807) is 6.08 Å². The van der Waals surface area contributed by atoms with Crippen molar-refractivity contribution in [2.24, 2.45) is 0 Å². The van der Waals surface area contributed by atoms with Crippen molar-refractivity contribution in [3.8, 4) is 0 Å². The number of para-hydroxylation sites is 1. The third kappa shape index (κ3) is 4.78. The molecule has 2 N–H and O–H groups in total. The molecule has 0 bridgehead atoms. The van der Waals surface area contributed by atoms with Gasteiger partial charge in [-0.1, -0.05) is 32.0 Å². The molecule has 0 saturated carbocycles. The van der Waals surface area contributed by atoms with Crippen molar-refractivity contribution in [2.45, 2.75) is 46.1 Å². The number of esters is 1. The highest BCUT2D eigenvalue weighted by Gasteiger charge is 2.14. The van der Waals surface area contributed by atoms with E-state index in [0.29, 0.717) is 5.92 Å². The van der Waals surface area contributed by atoms with Gasteiger partial charge < -0.3 is 10.5 Å². The summed E-state index contributed by atoms with van der Waals surface area (Å²) in [5, 5.41) is 0. The maximum absolute atomic E-state index is 11.6. The van der Waals surface area contributed by atoms with E-state index in [9.17, 15) is 4.79 Å². The van der Waals surface area contributed by atoms with Gasteiger partial charge in [0.2, 0.25) is 0 Å². The molecule has 104 valence electrons. The highest BCUT2D eigenvalue weighted by Crippen LogP contribution is 2.25. The van der Waals surface area contributed by atoms with Crippen LogP contribution in [-0.4, -0.2) is 11.6 Å². The van der Waals surface area contributed by atoms with E-state index in [-0.39, 0.29) is 5.97 Å². The molecule has 3 heteroatoms. The molecule has 0 aliphatic rings. The second kappa shape index (κ2) is 5.91. The standard InChI is InChI=1S/C16H23NO2/c1-11(2)13-8-6-7-12(15(13)17)9-10-14(18)19-16(3,4)5/h6-11H,17H2,1-5H3/b10-9+. The molecule has 3 nitrogen and oxygen atoms in total. The van der Waals surface area contributed by atoms with Gasteiger partial charge in [0.25, 0.3) is 0 Å². The van der Waals surface area contributed by atoms with Gasteiger partial charge in [0, 0.05) is 11.8 Å². The monoisotopic (exact) mass is 261 g/mol. The van der Waals surface area contributed by atoms with Gasteiger partial charge in [-0.2, -0.15) is 0 Å². The Bertz CT molecular complexity index is 482. The summed E-state index contributed by atoms with van der Waals surface area (Å²) < 4.78 is 5.21. The van der Waals surface area contributed by atoms with E-state index in [1.807, 2.05) is 39.0 Å². The quantitative estimate of drug-likeness (QED) is 0.512. The van der Waals surface area contributed by atoms with Gasteiger partial charge in [-0.15, -0.1) is 0 Å². The first-order valence-corrected chi connectivity index (χ1v) is 6.50. The first-order valence-electron chi connectivity index (χ1n) is 6.50. The Hall–Kier alpha value is -1.77. The summed E-state index contributed by atoms with van der Waals surface area (Å²) in [5.74, 6) is -0.00303. The molecule has 0 atom stereocenters. The molecule has 1 rings (SSSR count). The average molecular weight is 261 g/mol. The molecule has 19 heavy (non-hydrogen) atoms. The van der Waals surface area contributed by atoms with Crippen molar-refractivity contribution < 1.29 is 9.53 Å². The predicted octanol–water partition coefficient (Wildman–Crippen LogP) is 3.75. The zero-order valence-electron chi connectivity index (χ0n) is 12.4. The molecule has 0 aliphatic heterocycles. The van der Waals surface area contributed by atoms with Gasteiger partial charge in [0.05, 0.1) is 0 Å². The summed E-state index contributed by atoms with van der Waals surface area (Å²) in [5.41, 5.74) is 8.27. The van der Waals surface area contributed by atoms with Gasteiger partial charge in [-0.25, -0.2) is 4.79 Å². The fourth-order valence-corrected chi connectivity index (χ4v) is 1.74. The summed E-state index contributed by atoms with van der Waals surface area (Å²) in [6.07, 6.45) is 3.12. The lowest BCUT2D eigenvalue weighted by molar-refractivity contribution is -0.148. The number of carbonyl (C=O) groups is 1. The number of hydrogen-bond donors (Lipinski definition) is 1. The van der Waals surface area contributed by atoms with Crippen LogP contribution in [0.3, 0.4) is 0 Å². The molecule has 0 aliphatic carbocycles. The number of carbonyl (C=O) groups excluding carboxylic acids is 1. The Balaban J connectivity index is 2.89. The van der Waals surface area contributed by atoms with Gasteiger partial charge in [0.15, 0.2) is 0 Å². The minimum Gasteiger partial charge on any atom is -0.457 e. The van der Waals surface area contributed by atoms with E-state index in [2.05, 4.69) is 13.8 Å². The Kier molecular flexibility index (Phi) is 4.76. The van der Waals surface area contributed by atoms with E-state index in [4.69, 9.17) is 10.5 Å². The molecule has 1 aromatic carbocycles. The Morgan fingerprint density at radius 3 is 2.47 bits per heavy atom. The number of benzene rings is 1. The van der Waals surface area contributed by atoms with Gasteiger partial charge >= 0.3 is 5.97 Å². The minimum absolute atomic E-state index is 0.356. The van der Waals surface area contributed by atoms with Crippen LogP contribution in [0, 0.1) is 0 Å². The predicted molar refractivity (Wildman–Crippen MR) is 79.8 cm³/mol. The number of nitrogens with two attached hydrogens (primary N) is 1. The van der Waals surface area contributed by atoms with Crippen LogP contribution in [0.1, 0.15) is 51.7 Å². The fraction of sp³-hybridized carbons (Fsp3) is 0.438. The molecule has 0 heterocycles. The van der Waals surface area contributed by atoms with Gasteiger partial charge in [-0.3, -0.25) is 0 Å². The third-order valence-corrected chi connectivity index (χ3v) is 2.60. The highest BCUT2D eigenvalue weighted by atomic mass is 16.6. The second-order valence-electron chi connectivity index (χ2n) is 5.87. The minimum atomic E-state index is -0.479. The summed E-state index contributed by atoms with van der Waals surface area (Å²) in [6.45, 7) is 9.70. The lowest BCUT2D eigenvalue weighted by atomic mass is 9.98. The largest absolute Gasteiger partial charge is 0.457 e. The smallest absolute Gasteiger partial charge is 0.331 e. The van der Waals surface area contributed by atoms with E-state index < -0.39 is 5.60 Å². The summed E-state index contributed by atoms with van der Waals surface area (Å²) in [7, 11) is 0. The first-order chi connectivity index (χ1) is 8.70. The summed E-state index contributed by atoms with van der Waals surface area (Å²) >= 11 is 0. The SMILES string of the molecule is CC(C)c1cccc(/C=C/C(=O)OC(C)(C)C)c1N. The molecule has 0 aromatic heterocycles. The van der Waals surface area contributed by atoms with Crippen molar-refractivity contribution in [1.29, 1.82) is 0 Å². The van der Waals surface area contributed by atoms with Crippen LogP contribution in [0.25, 0.3) is 6.08 Å². The van der Waals surface area contributed by atoms with E-state index >= 15 is 0 Å². The molecule has 1 aromatic rings. The lowest BCUT2D eigenvalue weighted by Gasteiger charge is -2.18. The maximum atomic E-state index is 11.6. The first kappa shape index (κ1) is 15.3. The third-order valence-electron chi connectivity index (χ3n) is 2.60. The number of anilines is 1. The van der Waals surface area contributed by atoms with Crippen LogP contribution in [0.15, 0.2) is 24.3 Å². The zero-order chi connectivity index (χ0) is 14.6. The zero-order valence-corrected chi connectivity index (χ0v) is 12.4. The van der Waals surface area contributed by atoms with Crippen molar-refractivity contribution in [3.63, 3.8) is 0 Å². The van der Waals surface area contributed by atoms with E-state index in [0.717, 1.165) is 16.8 Å². The van der Waals surface area contributed by atoms with Crippen LogP contribution < -0.4 is 5.73 Å². The molecule has 0 fully saturated rings. The molecule has 0 amide bonds. The topological polar surface area (TPSA) is 52.3 Å². The summed E-state index contributed by atoms with van der Waals surface area (Å²) in [6, 6.07) is 5.84. The lowest BCUT2D eigenvalue weighted by Crippen LogP contribution is -2.22. The van der Waals surface area contributed by atoms with E-state index in [1.165, 1.54) is 6.08 Å². The van der Waals surface area contributed by atoms with Gasteiger partial charge in [-0.05, 0) is 43.9 Å². The molecule has 0 unspecified atom stereocenters. The Labute approximate surface area is 115 Å². The van der Waals surface area contributed by atoms with Crippen molar-refractivity contribution in [1.82, 2.24) is 0 Å². The highest BCUT2D eigenvalue weighted by molar-refractivity contribution is 5.88. The van der Waals surface area contributed by atoms with Crippen molar-refractivity contribution in [3.05, 3.63) is 35.4 Å². The number of hydrogen-bond acceptors (Lipinski definition) is 3. The average Bonchev–Trinajstić information content (AvgIpc) is 2.24. The second-order valence-corrected chi connectivity index (χ2v) is 5.87. The normalized spacial score (nSPS) is 12.1. The van der Waals surface area contributed by atoms with Crippen LogP contribution >= 0.6 is 0 Å². The fourth-order valence-electron chi connectivity index (χ4n) is 1.74. The number of nitrogen functional groups attached to an aromatic ring is 1. The molecular formula is C16H23NO2. The Morgan fingerprint density at radius 2 is 1.95 bits per heavy atom. The molecule has 0 spiro atoms. The van der Waals surface area contributed by atoms with Crippen LogP contribution in [0.2, 0.25) is 0 Å². The van der Waals surface area contributed by atoms with Crippen LogP contribution in [-0.2, 0) is 9.53 Å².